The monoisotopic (exact) mass is 292 g/mol. The molecule has 1 N–H and O–H groups in total. The number of thioether (sulfide) groups is 1. The standard InChI is InChI=1S/C14H13ClN2OS/c15-12-5-3-4-11(8-12)9-17-13(18)10-19-14-6-1-2-7-16-14/h1-8H,9-10H2,(H,17,18). The van der Waals surface area contributed by atoms with Gasteiger partial charge < -0.3 is 5.32 Å². The highest BCUT2D eigenvalue weighted by Crippen LogP contribution is 2.13. The first-order valence-corrected chi connectivity index (χ1v) is 7.15. The summed E-state index contributed by atoms with van der Waals surface area (Å²) in [6, 6.07) is 13.1. The van der Waals surface area contributed by atoms with Crippen molar-refractivity contribution in [3.8, 4) is 0 Å². The molecular weight excluding hydrogens is 280 g/mol. The van der Waals surface area contributed by atoms with Gasteiger partial charge in [-0.05, 0) is 29.8 Å². The molecule has 0 saturated heterocycles. The van der Waals surface area contributed by atoms with Gasteiger partial charge in [-0.2, -0.15) is 0 Å². The first-order valence-electron chi connectivity index (χ1n) is 5.79. The zero-order valence-corrected chi connectivity index (χ0v) is 11.7. The second-order valence-corrected chi connectivity index (χ2v) is 5.30. The Bertz CT molecular complexity index is 548. The molecule has 1 aromatic carbocycles. The van der Waals surface area contributed by atoms with Crippen LogP contribution in [0.25, 0.3) is 0 Å². The third-order valence-corrected chi connectivity index (χ3v) is 3.55. The lowest BCUT2D eigenvalue weighted by Gasteiger charge is -2.05. The quantitative estimate of drug-likeness (QED) is 0.861. The topological polar surface area (TPSA) is 42.0 Å². The highest BCUT2D eigenvalue weighted by atomic mass is 35.5. The molecule has 0 unspecified atom stereocenters. The Morgan fingerprint density at radius 3 is 2.89 bits per heavy atom. The van der Waals surface area contributed by atoms with Gasteiger partial charge in [-0.1, -0.05) is 41.6 Å². The summed E-state index contributed by atoms with van der Waals surface area (Å²) in [5.74, 6) is 0.341. The molecule has 0 radical (unpaired) electrons. The van der Waals surface area contributed by atoms with E-state index in [4.69, 9.17) is 11.6 Å². The minimum absolute atomic E-state index is 0.0179. The van der Waals surface area contributed by atoms with E-state index in [1.807, 2.05) is 42.5 Å². The zero-order chi connectivity index (χ0) is 13.5. The molecule has 0 fully saturated rings. The van der Waals surface area contributed by atoms with Gasteiger partial charge in [0, 0.05) is 17.8 Å². The molecule has 3 nitrogen and oxygen atoms in total. The van der Waals surface area contributed by atoms with Gasteiger partial charge in [0.2, 0.25) is 5.91 Å². The van der Waals surface area contributed by atoms with Crippen molar-refractivity contribution in [2.45, 2.75) is 11.6 Å². The van der Waals surface area contributed by atoms with E-state index in [9.17, 15) is 4.79 Å². The summed E-state index contributed by atoms with van der Waals surface area (Å²) < 4.78 is 0. The predicted molar refractivity (Wildman–Crippen MR) is 78.3 cm³/mol. The summed E-state index contributed by atoms with van der Waals surface area (Å²) in [6.07, 6.45) is 1.71. The second kappa shape index (κ2) is 7.16. The number of carbonyl (C=O) groups is 1. The highest BCUT2D eigenvalue weighted by molar-refractivity contribution is 7.99. The van der Waals surface area contributed by atoms with Gasteiger partial charge in [0.1, 0.15) is 0 Å². The Balaban J connectivity index is 1.76. The van der Waals surface area contributed by atoms with Crippen LogP contribution >= 0.6 is 23.4 Å². The van der Waals surface area contributed by atoms with E-state index in [1.54, 1.807) is 6.20 Å². The van der Waals surface area contributed by atoms with Gasteiger partial charge in [0.25, 0.3) is 0 Å². The van der Waals surface area contributed by atoms with Crippen LogP contribution in [0.3, 0.4) is 0 Å². The molecule has 0 aliphatic heterocycles. The smallest absolute Gasteiger partial charge is 0.230 e. The Labute approximate surface area is 121 Å². The molecule has 5 heteroatoms. The molecule has 1 amide bonds. The number of hydrogen-bond donors (Lipinski definition) is 1. The molecule has 0 spiro atoms. The number of rotatable bonds is 5. The maximum absolute atomic E-state index is 11.7. The average Bonchev–Trinajstić information content (AvgIpc) is 2.44. The van der Waals surface area contributed by atoms with E-state index in [-0.39, 0.29) is 5.91 Å². The zero-order valence-electron chi connectivity index (χ0n) is 10.2. The van der Waals surface area contributed by atoms with E-state index < -0.39 is 0 Å². The van der Waals surface area contributed by atoms with Crippen molar-refractivity contribution in [2.75, 3.05) is 5.75 Å². The Morgan fingerprint density at radius 1 is 1.26 bits per heavy atom. The second-order valence-electron chi connectivity index (χ2n) is 3.86. The summed E-state index contributed by atoms with van der Waals surface area (Å²) >= 11 is 7.29. The number of aromatic nitrogens is 1. The highest BCUT2D eigenvalue weighted by Gasteiger charge is 2.03. The van der Waals surface area contributed by atoms with Crippen molar-refractivity contribution in [2.24, 2.45) is 0 Å². The number of hydrogen-bond acceptors (Lipinski definition) is 3. The van der Waals surface area contributed by atoms with Crippen LogP contribution in [0.5, 0.6) is 0 Å². The maximum atomic E-state index is 11.7. The van der Waals surface area contributed by atoms with Crippen LogP contribution in [0, 0.1) is 0 Å². The molecule has 0 aliphatic rings. The van der Waals surface area contributed by atoms with Crippen LogP contribution in [-0.4, -0.2) is 16.6 Å². The minimum atomic E-state index is -0.0179. The lowest BCUT2D eigenvalue weighted by Crippen LogP contribution is -2.24. The fourth-order valence-corrected chi connectivity index (χ4v) is 2.37. The van der Waals surface area contributed by atoms with Crippen molar-refractivity contribution in [1.29, 1.82) is 0 Å². The molecule has 0 bridgehead atoms. The fourth-order valence-electron chi connectivity index (χ4n) is 1.47. The SMILES string of the molecule is O=C(CSc1ccccn1)NCc1cccc(Cl)c1. The van der Waals surface area contributed by atoms with Crippen molar-refractivity contribution in [1.82, 2.24) is 10.3 Å². The van der Waals surface area contributed by atoms with Crippen molar-refractivity contribution < 1.29 is 4.79 Å². The van der Waals surface area contributed by atoms with Gasteiger partial charge in [-0.25, -0.2) is 4.98 Å². The van der Waals surface area contributed by atoms with Crippen LogP contribution in [0.1, 0.15) is 5.56 Å². The molecule has 0 saturated carbocycles. The van der Waals surface area contributed by atoms with Gasteiger partial charge in [0.05, 0.1) is 10.8 Å². The first-order chi connectivity index (χ1) is 9.24. The third-order valence-electron chi connectivity index (χ3n) is 2.37. The van der Waals surface area contributed by atoms with Crippen LogP contribution in [0.15, 0.2) is 53.7 Å². The van der Waals surface area contributed by atoms with Crippen molar-refractivity contribution >= 4 is 29.3 Å². The van der Waals surface area contributed by atoms with E-state index in [0.717, 1.165) is 10.6 Å². The summed E-state index contributed by atoms with van der Waals surface area (Å²) in [4.78, 5) is 15.8. The van der Waals surface area contributed by atoms with Gasteiger partial charge in [0.15, 0.2) is 0 Å². The summed E-state index contributed by atoms with van der Waals surface area (Å²) in [6.45, 7) is 0.488. The molecule has 0 aliphatic carbocycles. The van der Waals surface area contributed by atoms with Crippen LogP contribution in [0.2, 0.25) is 5.02 Å². The van der Waals surface area contributed by atoms with E-state index in [1.165, 1.54) is 11.8 Å². The Kier molecular flexibility index (Phi) is 5.24. The average molecular weight is 293 g/mol. The van der Waals surface area contributed by atoms with Gasteiger partial charge in [-0.3, -0.25) is 4.79 Å². The molecule has 2 aromatic rings. The normalized spacial score (nSPS) is 10.2. The number of pyridine rings is 1. The van der Waals surface area contributed by atoms with E-state index in [0.29, 0.717) is 17.3 Å². The number of nitrogens with one attached hydrogen (secondary N) is 1. The molecule has 19 heavy (non-hydrogen) atoms. The molecule has 98 valence electrons. The van der Waals surface area contributed by atoms with Crippen molar-refractivity contribution in [3.05, 3.63) is 59.2 Å². The number of carbonyl (C=O) groups excluding carboxylic acids is 1. The molecule has 0 atom stereocenters. The number of amides is 1. The largest absolute Gasteiger partial charge is 0.351 e. The Morgan fingerprint density at radius 2 is 2.16 bits per heavy atom. The van der Waals surface area contributed by atoms with E-state index in [2.05, 4.69) is 10.3 Å². The number of halogens is 1. The van der Waals surface area contributed by atoms with Crippen LogP contribution < -0.4 is 5.32 Å². The number of nitrogens with zero attached hydrogens (tertiary/aromatic N) is 1. The predicted octanol–water partition coefficient (Wildman–Crippen LogP) is 3.14. The lowest BCUT2D eigenvalue weighted by atomic mass is 10.2. The number of benzene rings is 1. The molecule has 1 heterocycles. The Hall–Kier alpha value is -1.52. The van der Waals surface area contributed by atoms with Gasteiger partial charge in [-0.15, -0.1) is 0 Å². The minimum Gasteiger partial charge on any atom is -0.351 e. The summed E-state index contributed by atoms with van der Waals surface area (Å²) in [5, 5.41) is 4.37. The van der Waals surface area contributed by atoms with Crippen molar-refractivity contribution in [3.63, 3.8) is 0 Å². The van der Waals surface area contributed by atoms with E-state index >= 15 is 0 Å². The van der Waals surface area contributed by atoms with Gasteiger partial charge >= 0.3 is 0 Å². The molecule has 2 rings (SSSR count). The molecule has 1 aromatic heterocycles. The fraction of sp³-hybridized carbons (Fsp3) is 0.143. The lowest BCUT2D eigenvalue weighted by molar-refractivity contribution is -0.118. The maximum Gasteiger partial charge on any atom is 0.230 e. The van der Waals surface area contributed by atoms with Crippen LogP contribution in [-0.2, 0) is 11.3 Å². The van der Waals surface area contributed by atoms with Crippen LogP contribution in [0.4, 0.5) is 0 Å². The molecular formula is C14H13ClN2OS. The third kappa shape index (κ3) is 4.93. The first kappa shape index (κ1) is 13.9. The summed E-state index contributed by atoms with van der Waals surface area (Å²) in [7, 11) is 0. The summed E-state index contributed by atoms with van der Waals surface area (Å²) in [5.41, 5.74) is 0.990.